The number of hydrogen-bond donors (Lipinski definition) is 1. The van der Waals surface area contributed by atoms with Crippen LogP contribution in [-0.2, 0) is 4.74 Å². The molecule has 0 fully saturated rings. The molecule has 1 heterocycles. The Kier molecular flexibility index (Phi) is 13.9. The molecule has 0 saturated heterocycles. The van der Waals surface area contributed by atoms with Gasteiger partial charge in [-0.2, -0.15) is 0 Å². The van der Waals surface area contributed by atoms with Gasteiger partial charge < -0.3 is 9.84 Å². The average Bonchev–Trinajstić information content (AvgIpc) is 2.61. The molecule has 24 heavy (non-hydrogen) atoms. The number of allylic oxidation sites excluding steroid dienone is 1. The maximum absolute atomic E-state index is 9.88. The van der Waals surface area contributed by atoms with E-state index >= 15 is 0 Å². The third kappa shape index (κ3) is 12.6. The average molecular weight is 338 g/mol. The van der Waals surface area contributed by atoms with E-state index in [0.29, 0.717) is 0 Å². The summed E-state index contributed by atoms with van der Waals surface area (Å²) in [5.74, 6) is 0.984. The molecular weight excluding hydrogens is 298 g/mol. The lowest BCUT2D eigenvalue weighted by molar-refractivity contribution is 0.163. The summed E-state index contributed by atoms with van der Waals surface area (Å²) >= 11 is 0. The van der Waals surface area contributed by atoms with Crippen molar-refractivity contribution in [3.05, 3.63) is 12.2 Å². The molecule has 1 atom stereocenters. The van der Waals surface area contributed by atoms with Crippen LogP contribution < -0.4 is 0 Å². The zero-order valence-corrected chi connectivity index (χ0v) is 15.8. The van der Waals surface area contributed by atoms with Crippen LogP contribution in [0.25, 0.3) is 0 Å². The van der Waals surface area contributed by atoms with Crippen molar-refractivity contribution in [1.82, 2.24) is 0 Å². The van der Waals surface area contributed by atoms with Gasteiger partial charge in [0.15, 0.2) is 5.90 Å². The Morgan fingerprint density at radius 2 is 1.83 bits per heavy atom. The highest BCUT2D eigenvalue weighted by atomic mass is 16.5. The summed E-state index contributed by atoms with van der Waals surface area (Å²) in [6, 6.07) is 0. The van der Waals surface area contributed by atoms with Crippen LogP contribution >= 0.6 is 0 Å². The molecule has 0 spiro atoms. The topological polar surface area (TPSA) is 41.8 Å². The Morgan fingerprint density at radius 1 is 1.04 bits per heavy atom. The molecule has 0 radical (unpaired) electrons. The molecule has 0 aromatic carbocycles. The first-order valence-corrected chi connectivity index (χ1v) is 10.3. The summed E-state index contributed by atoms with van der Waals surface area (Å²) in [5, 5.41) is 9.88. The molecule has 0 amide bonds. The molecule has 0 saturated carbocycles. The van der Waals surface area contributed by atoms with Gasteiger partial charge in [0.2, 0.25) is 0 Å². The monoisotopic (exact) mass is 337 g/mol. The van der Waals surface area contributed by atoms with Gasteiger partial charge in [-0.25, -0.2) is 0 Å². The van der Waals surface area contributed by atoms with E-state index in [4.69, 9.17) is 4.74 Å². The van der Waals surface area contributed by atoms with Gasteiger partial charge in [-0.3, -0.25) is 4.99 Å². The molecule has 3 heteroatoms. The molecule has 0 aliphatic carbocycles. The van der Waals surface area contributed by atoms with Crippen LogP contribution in [0.2, 0.25) is 0 Å². The van der Waals surface area contributed by atoms with E-state index in [1.807, 2.05) is 0 Å². The van der Waals surface area contributed by atoms with E-state index in [0.717, 1.165) is 51.2 Å². The van der Waals surface area contributed by atoms with Gasteiger partial charge >= 0.3 is 0 Å². The van der Waals surface area contributed by atoms with Crippen LogP contribution in [0.4, 0.5) is 0 Å². The van der Waals surface area contributed by atoms with Gasteiger partial charge in [0, 0.05) is 19.4 Å². The lowest BCUT2D eigenvalue weighted by atomic mass is 10.1. The highest BCUT2D eigenvalue weighted by molar-refractivity contribution is 5.76. The van der Waals surface area contributed by atoms with E-state index in [2.05, 4.69) is 24.1 Å². The number of aliphatic hydroxyl groups excluding tert-OH is 1. The lowest BCUT2D eigenvalue weighted by Crippen LogP contribution is -2.13. The highest BCUT2D eigenvalue weighted by Gasteiger charge is 2.05. The number of aliphatic imine (C=N–C) groups is 1. The molecule has 0 aromatic heterocycles. The molecule has 0 aromatic rings. The minimum absolute atomic E-state index is 0.136. The van der Waals surface area contributed by atoms with Crippen LogP contribution in [0.15, 0.2) is 17.1 Å². The summed E-state index contributed by atoms with van der Waals surface area (Å²) in [4.78, 5) is 4.40. The Bertz CT molecular complexity index is 339. The number of nitrogens with zero attached hydrogens (tertiary/aromatic N) is 1. The molecule has 1 aliphatic rings. The van der Waals surface area contributed by atoms with E-state index in [-0.39, 0.29) is 6.10 Å². The lowest BCUT2D eigenvalue weighted by Gasteiger charge is -2.13. The predicted octanol–water partition coefficient (Wildman–Crippen LogP) is 5.81. The number of hydrogen-bond acceptors (Lipinski definition) is 3. The number of ether oxygens (including phenoxy) is 1. The third-order valence-electron chi connectivity index (χ3n) is 4.59. The number of unbranched alkanes of at least 4 members (excludes halogenated alkanes) is 8. The van der Waals surface area contributed by atoms with Crippen molar-refractivity contribution in [2.45, 2.75) is 103 Å². The Hall–Kier alpha value is -0.830. The van der Waals surface area contributed by atoms with Crippen LogP contribution in [0.3, 0.4) is 0 Å². The largest absolute Gasteiger partial charge is 0.481 e. The van der Waals surface area contributed by atoms with Crippen molar-refractivity contribution in [2.24, 2.45) is 4.99 Å². The molecule has 3 nitrogen and oxygen atoms in total. The molecule has 1 rings (SSSR count). The minimum atomic E-state index is -0.136. The van der Waals surface area contributed by atoms with Gasteiger partial charge in [-0.1, -0.05) is 64.0 Å². The van der Waals surface area contributed by atoms with Crippen LogP contribution in [0.5, 0.6) is 0 Å². The van der Waals surface area contributed by atoms with Crippen molar-refractivity contribution < 1.29 is 9.84 Å². The van der Waals surface area contributed by atoms with Gasteiger partial charge in [0.05, 0.1) is 12.7 Å². The quantitative estimate of drug-likeness (QED) is 0.302. The van der Waals surface area contributed by atoms with Crippen molar-refractivity contribution in [1.29, 1.82) is 0 Å². The van der Waals surface area contributed by atoms with E-state index in [1.54, 1.807) is 0 Å². The second-order valence-electron chi connectivity index (χ2n) is 6.99. The van der Waals surface area contributed by atoms with Gasteiger partial charge in [0.1, 0.15) is 0 Å². The summed E-state index contributed by atoms with van der Waals surface area (Å²) in [6.07, 6.45) is 20.7. The van der Waals surface area contributed by atoms with Crippen molar-refractivity contribution in [2.75, 3.05) is 13.2 Å². The summed E-state index contributed by atoms with van der Waals surface area (Å²) < 4.78 is 5.53. The van der Waals surface area contributed by atoms with Crippen LogP contribution in [0.1, 0.15) is 96.8 Å². The number of aliphatic hydroxyl groups is 1. The summed E-state index contributed by atoms with van der Waals surface area (Å²) in [5.41, 5.74) is 0. The Labute approximate surface area is 149 Å². The first-order valence-electron chi connectivity index (χ1n) is 10.3. The molecule has 1 aliphatic heterocycles. The minimum Gasteiger partial charge on any atom is -0.481 e. The van der Waals surface area contributed by atoms with E-state index in [9.17, 15) is 5.11 Å². The molecule has 1 N–H and O–H groups in total. The first kappa shape index (κ1) is 21.2. The first-order chi connectivity index (χ1) is 11.8. The summed E-state index contributed by atoms with van der Waals surface area (Å²) in [6.45, 7) is 4.03. The zero-order chi connectivity index (χ0) is 17.3. The molecule has 0 bridgehead atoms. The number of rotatable bonds is 15. The SMILES string of the molecule is CCCCCCC(O)C/C=C/CCCCCCCC1=NCCCO1. The standard InChI is InChI=1S/C21H39NO2/c1-2-3-4-11-15-20(23)16-12-9-7-5-6-8-10-13-17-21-22-18-14-19-24-21/h9,12,20,23H,2-8,10-11,13-19H2,1H3/b12-9+. The second-order valence-corrected chi connectivity index (χ2v) is 6.99. The van der Waals surface area contributed by atoms with Crippen LogP contribution in [-0.4, -0.2) is 30.3 Å². The zero-order valence-electron chi connectivity index (χ0n) is 15.8. The van der Waals surface area contributed by atoms with Gasteiger partial charge in [-0.05, 0) is 32.1 Å². The maximum Gasteiger partial charge on any atom is 0.183 e. The van der Waals surface area contributed by atoms with Crippen molar-refractivity contribution in [3.8, 4) is 0 Å². The fourth-order valence-corrected chi connectivity index (χ4v) is 3.02. The fraction of sp³-hybridized carbons (Fsp3) is 0.857. The normalized spacial score (nSPS) is 16.2. The van der Waals surface area contributed by atoms with E-state index in [1.165, 1.54) is 57.8 Å². The fourth-order valence-electron chi connectivity index (χ4n) is 3.02. The van der Waals surface area contributed by atoms with Gasteiger partial charge in [0.25, 0.3) is 0 Å². The molecular formula is C21H39NO2. The van der Waals surface area contributed by atoms with E-state index < -0.39 is 0 Å². The summed E-state index contributed by atoms with van der Waals surface area (Å²) in [7, 11) is 0. The van der Waals surface area contributed by atoms with Crippen molar-refractivity contribution in [3.63, 3.8) is 0 Å². The Balaban J connectivity index is 1.83. The highest BCUT2D eigenvalue weighted by Crippen LogP contribution is 2.11. The van der Waals surface area contributed by atoms with Crippen molar-refractivity contribution >= 4 is 5.90 Å². The smallest absolute Gasteiger partial charge is 0.183 e. The molecule has 140 valence electrons. The third-order valence-corrected chi connectivity index (χ3v) is 4.59. The second kappa shape index (κ2) is 15.7. The van der Waals surface area contributed by atoms with Gasteiger partial charge in [-0.15, -0.1) is 0 Å². The Morgan fingerprint density at radius 3 is 2.62 bits per heavy atom. The van der Waals surface area contributed by atoms with Crippen LogP contribution in [0, 0.1) is 0 Å². The molecule has 1 unspecified atom stereocenters. The maximum atomic E-state index is 9.88. The predicted molar refractivity (Wildman–Crippen MR) is 104 cm³/mol.